The van der Waals surface area contributed by atoms with Gasteiger partial charge in [0.05, 0.1) is 25.1 Å². The van der Waals surface area contributed by atoms with Gasteiger partial charge >= 0.3 is 0 Å². The Kier molecular flexibility index (Phi) is 9.19. The molecule has 0 atom stereocenters. The van der Waals surface area contributed by atoms with E-state index in [9.17, 15) is 5.48 Å². The Morgan fingerprint density at radius 3 is 2.04 bits per heavy atom. The smallest absolute Gasteiger partial charge is 0.267 e. The summed E-state index contributed by atoms with van der Waals surface area (Å²) in [6, 6.07) is 54.2. The molecule has 0 saturated heterocycles. The van der Waals surface area contributed by atoms with Gasteiger partial charge in [-0.3, -0.25) is 4.57 Å². The maximum absolute atomic E-state index is 9.68. The van der Waals surface area contributed by atoms with Crippen LogP contribution < -0.4 is 9.30 Å². The number of ether oxygens (including phenoxy) is 1. The molecule has 7 heteroatoms. The van der Waals surface area contributed by atoms with E-state index in [0.717, 1.165) is 49.5 Å². The molecule has 0 spiro atoms. The van der Waals surface area contributed by atoms with Crippen LogP contribution in [-0.2, 0) is 26.5 Å². The van der Waals surface area contributed by atoms with E-state index in [1.54, 1.807) is 22.8 Å². The number of hydrogen-bond donors (Lipinski definition) is 0. The summed E-state index contributed by atoms with van der Waals surface area (Å²) >= 11 is 0. The molecule has 10 aromatic carbocycles. The molecule has 4 aromatic heterocycles. The number of pyridine rings is 1. The van der Waals surface area contributed by atoms with E-state index in [1.807, 2.05) is 144 Å². The van der Waals surface area contributed by atoms with Crippen LogP contribution in [0.4, 0.5) is 0 Å². The predicted octanol–water partition coefficient (Wildman–Crippen LogP) is 17.9. The van der Waals surface area contributed by atoms with Crippen LogP contribution in [0.2, 0.25) is 0 Å². The van der Waals surface area contributed by atoms with Crippen LogP contribution in [0.25, 0.3) is 128 Å². The third-order valence-electron chi connectivity index (χ3n) is 14.7. The maximum Gasteiger partial charge on any atom is 0.267 e. The number of benzene rings is 10. The summed E-state index contributed by atoms with van der Waals surface area (Å²) in [5, 5.41) is 3.72. The zero-order valence-corrected chi connectivity index (χ0v) is 44.9. The average molecular weight is 1210 g/mol. The zero-order chi connectivity index (χ0) is 60.8. The number of para-hydroxylation sites is 3. The number of furan rings is 1. The van der Waals surface area contributed by atoms with Gasteiger partial charge in [-0.05, 0) is 114 Å². The van der Waals surface area contributed by atoms with Gasteiger partial charge in [0.25, 0.3) is 6.33 Å². The van der Waals surface area contributed by atoms with Crippen molar-refractivity contribution in [1.29, 1.82) is 0 Å². The minimum absolute atomic E-state index is 0. The summed E-state index contributed by atoms with van der Waals surface area (Å²) in [7, 11) is 0. The fourth-order valence-electron chi connectivity index (χ4n) is 11.2. The van der Waals surface area contributed by atoms with Gasteiger partial charge in [0, 0.05) is 66.8 Å². The number of rotatable bonds is 7. The largest absolute Gasteiger partial charge is 0.510 e. The summed E-state index contributed by atoms with van der Waals surface area (Å²) in [5.74, 6) is 1.55. The van der Waals surface area contributed by atoms with Crippen LogP contribution in [0.15, 0.2) is 241 Å². The topological polar surface area (TPSA) is 49.0 Å². The van der Waals surface area contributed by atoms with E-state index in [2.05, 4.69) is 62.0 Å². The van der Waals surface area contributed by atoms with Crippen LogP contribution in [0, 0.1) is 18.5 Å². The Morgan fingerprint density at radius 2 is 1.22 bits per heavy atom. The van der Waals surface area contributed by atoms with E-state index in [4.69, 9.17) is 22.4 Å². The van der Waals surface area contributed by atoms with Crippen molar-refractivity contribution in [2.24, 2.45) is 0 Å². The monoisotopic (exact) mass is 1210 g/mol. The van der Waals surface area contributed by atoms with Crippen molar-refractivity contribution >= 4 is 43.7 Å². The molecular weight excluding hydrogens is 1150 g/mol. The average Bonchev–Trinajstić information content (AvgIpc) is 1.73. The fraction of sp³-hybridized carbons (Fsp3) is 0.0556. The van der Waals surface area contributed by atoms with Crippen LogP contribution in [0.1, 0.15) is 40.0 Å². The van der Waals surface area contributed by atoms with Crippen molar-refractivity contribution in [1.82, 2.24) is 14.1 Å². The maximum atomic E-state index is 9.68. The number of nitrogens with zero attached hydrogens (tertiary/aromatic N) is 4. The molecule has 380 valence electrons. The number of aromatic nitrogens is 4. The molecule has 79 heavy (non-hydrogen) atoms. The Hall–Kier alpha value is -9.35. The second-order valence-corrected chi connectivity index (χ2v) is 20.4. The van der Waals surface area contributed by atoms with Gasteiger partial charge in [0.2, 0.25) is 0 Å². The number of imidazole rings is 1. The summed E-state index contributed by atoms with van der Waals surface area (Å²) in [5.41, 5.74) is 9.75. The Morgan fingerprint density at radius 1 is 0.557 bits per heavy atom. The minimum Gasteiger partial charge on any atom is -0.510 e. The molecule has 15 rings (SSSR count). The van der Waals surface area contributed by atoms with E-state index in [-0.39, 0.29) is 43.2 Å². The third-order valence-corrected chi connectivity index (χ3v) is 14.7. The first-order chi connectivity index (χ1) is 42.4. The third kappa shape index (κ3) is 8.05. The van der Waals surface area contributed by atoms with Gasteiger partial charge in [-0.1, -0.05) is 184 Å². The second kappa shape index (κ2) is 19.0. The fourth-order valence-corrected chi connectivity index (χ4v) is 11.2. The van der Waals surface area contributed by atoms with Crippen LogP contribution in [-0.4, -0.2) is 14.1 Å². The Bertz CT molecular complexity index is 5280. The minimum atomic E-state index is -0.570. The van der Waals surface area contributed by atoms with Crippen molar-refractivity contribution in [2.45, 2.75) is 26.2 Å². The van der Waals surface area contributed by atoms with Gasteiger partial charge in [0.1, 0.15) is 17.0 Å². The van der Waals surface area contributed by atoms with Gasteiger partial charge in [0.15, 0.2) is 0 Å². The molecule has 6 nitrogen and oxygen atoms in total. The number of hydrogen-bond acceptors (Lipinski definition) is 3. The van der Waals surface area contributed by atoms with Crippen molar-refractivity contribution in [3.05, 3.63) is 261 Å². The molecule has 0 N–H and O–H groups in total. The molecule has 0 unspecified atom stereocenters. The van der Waals surface area contributed by atoms with Crippen LogP contribution in [0.3, 0.4) is 0 Å². The van der Waals surface area contributed by atoms with Gasteiger partial charge in [-0.25, -0.2) is 4.98 Å². The van der Waals surface area contributed by atoms with Crippen LogP contribution >= 0.6 is 0 Å². The first-order valence-corrected chi connectivity index (χ1v) is 25.6. The molecule has 0 fully saturated rings. The zero-order valence-electron chi connectivity index (χ0n) is 52.7. The molecule has 14 aromatic rings. The molecule has 0 aliphatic carbocycles. The molecule has 5 heterocycles. The second-order valence-electron chi connectivity index (χ2n) is 20.4. The standard InChI is InChI=1S/C72H48N4O2.Pt/c1-72(2,3)49-37-38-73-68(41-49)76-64-33-14-12-27-57(64)58-36-35-52(43-65(58)76)77-51-24-16-23-50(42-51)74-44-66-56-26-11-10-25-55(56)60-31-17-29-53(46-19-6-4-7-20-46)69(60)63-40-48(39-62(70(63)75(66)45-74)47-21-8-5-9-22-47)54-30-18-32-61-59-28-13-15-34-67(59)78-71(54)61;/h4-41,44H,1-3H3;/q-2;/i4D,5D,6D,7D,8D,9D,19D,20D,21D,22D;. The van der Waals surface area contributed by atoms with E-state index in [1.165, 1.54) is 0 Å². The SMILES string of the molecule is [2H]c1c([2H])c([2H])c(-c2cccc3c2-c2cc(-c4cccc5c4oc4ccccc45)cc(-c4c([2H])c([2H])c([2H])c([2H])c4[2H])c2-[n+]2[c-]n(-c4[c-]c(Oc5[c-]c6c(cc5)c5ccccc5n6-c5cc(C(C)(C)C)ccn5)ccc4)cc2-c2ccccc2-3)c([2H])c1[2H].[Pt]. The van der Waals surface area contributed by atoms with Crippen molar-refractivity contribution in [2.75, 3.05) is 0 Å². The normalized spacial score (nSPS) is 13.7. The van der Waals surface area contributed by atoms with Gasteiger partial charge < -0.3 is 18.3 Å². The van der Waals surface area contributed by atoms with Crippen molar-refractivity contribution in [3.63, 3.8) is 0 Å². The first kappa shape index (κ1) is 38.2. The van der Waals surface area contributed by atoms with E-state index in [0.29, 0.717) is 78.7 Å². The molecule has 0 amide bonds. The molecule has 1 aliphatic rings. The van der Waals surface area contributed by atoms with Gasteiger partial charge in [-0.15, -0.1) is 29.7 Å². The molecule has 0 bridgehead atoms. The molecule has 0 radical (unpaired) electrons. The summed E-state index contributed by atoms with van der Waals surface area (Å²) < 4.78 is 111. The van der Waals surface area contributed by atoms with Gasteiger partial charge in [-0.2, -0.15) is 18.2 Å². The molecule has 1 aliphatic heterocycles. The predicted molar refractivity (Wildman–Crippen MR) is 315 cm³/mol. The Balaban J connectivity index is 0.00000694. The van der Waals surface area contributed by atoms with E-state index >= 15 is 0 Å². The molecular formula is C72H48N4O2Pt-2. The summed E-state index contributed by atoms with van der Waals surface area (Å²) in [6.07, 6.45) is 7.35. The quantitative estimate of drug-likeness (QED) is 0.118. The first-order valence-electron chi connectivity index (χ1n) is 30.6. The van der Waals surface area contributed by atoms with E-state index < -0.39 is 60.4 Å². The molecule has 0 saturated carbocycles. The van der Waals surface area contributed by atoms with Crippen LogP contribution in [0.5, 0.6) is 11.5 Å². The summed E-state index contributed by atoms with van der Waals surface area (Å²) in [4.78, 5) is 4.85. The van der Waals surface area contributed by atoms with Crippen molar-refractivity contribution in [3.8, 4) is 95.6 Å². The number of fused-ring (bicyclic) bond motifs is 14. The Labute approximate surface area is 486 Å². The van der Waals surface area contributed by atoms with Crippen molar-refractivity contribution < 1.29 is 48.5 Å². The summed E-state index contributed by atoms with van der Waals surface area (Å²) in [6.45, 7) is 6.53.